The maximum atomic E-state index is 12.8. The standard InChI is InChI=1S/C17H10ClN3OS2/c18-11-5-3-10(4-6-11)13-12-2-1-7-19-16(12)24-14(13)15(22)21-17-20-8-9-23-17/h1-9H,(H,20,21,22). The van der Waals surface area contributed by atoms with E-state index >= 15 is 0 Å². The van der Waals surface area contributed by atoms with E-state index in [1.165, 1.54) is 22.7 Å². The summed E-state index contributed by atoms with van der Waals surface area (Å²) >= 11 is 8.75. The minimum Gasteiger partial charge on any atom is -0.297 e. The largest absolute Gasteiger partial charge is 0.297 e. The van der Waals surface area contributed by atoms with Crippen molar-refractivity contribution in [2.45, 2.75) is 0 Å². The van der Waals surface area contributed by atoms with Crippen LogP contribution in [0.2, 0.25) is 5.02 Å². The lowest BCUT2D eigenvalue weighted by atomic mass is 10.0. The van der Waals surface area contributed by atoms with Gasteiger partial charge in [-0.15, -0.1) is 22.7 Å². The summed E-state index contributed by atoms with van der Waals surface area (Å²) in [4.78, 5) is 22.7. The fourth-order valence-corrected chi connectivity index (χ4v) is 4.15. The van der Waals surface area contributed by atoms with Crippen LogP contribution in [0.3, 0.4) is 0 Å². The average Bonchev–Trinajstić information content (AvgIpc) is 3.23. The number of fused-ring (bicyclic) bond motifs is 1. The normalized spacial score (nSPS) is 10.9. The van der Waals surface area contributed by atoms with Gasteiger partial charge in [0.05, 0.1) is 0 Å². The van der Waals surface area contributed by atoms with E-state index in [4.69, 9.17) is 11.6 Å². The summed E-state index contributed by atoms with van der Waals surface area (Å²) in [5, 5.41) is 6.85. The number of benzene rings is 1. The first-order chi connectivity index (χ1) is 11.7. The van der Waals surface area contributed by atoms with E-state index in [0.29, 0.717) is 15.0 Å². The third-order valence-electron chi connectivity index (χ3n) is 3.46. The highest BCUT2D eigenvalue weighted by Crippen LogP contribution is 2.38. The van der Waals surface area contributed by atoms with Crippen molar-refractivity contribution in [3.8, 4) is 11.1 Å². The fraction of sp³-hybridized carbons (Fsp3) is 0. The SMILES string of the molecule is O=C(Nc1nccs1)c1sc2ncccc2c1-c1ccc(Cl)cc1. The Hall–Kier alpha value is -2.28. The summed E-state index contributed by atoms with van der Waals surface area (Å²) in [6.45, 7) is 0. The number of aromatic nitrogens is 2. The van der Waals surface area contributed by atoms with Crippen LogP contribution < -0.4 is 5.32 Å². The number of halogens is 1. The first-order valence-corrected chi connectivity index (χ1v) is 9.14. The number of thiazole rings is 1. The van der Waals surface area contributed by atoms with Gasteiger partial charge >= 0.3 is 0 Å². The molecule has 0 fully saturated rings. The molecule has 3 heterocycles. The Morgan fingerprint density at radius 3 is 2.67 bits per heavy atom. The van der Waals surface area contributed by atoms with Gasteiger partial charge in [-0.1, -0.05) is 23.7 Å². The van der Waals surface area contributed by atoms with Crippen molar-refractivity contribution in [2.24, 2.45) is 0 Å². The van der Waals surface area contributed by atoms with Crippen LogP contribution in [0.25, 0.3) is 21.3 Å². The van der Waals surface area contributed by atoms with Crippen molar-refractivity contribution < 1.29 is 4.79 Å². The molecule has 24 heavy (non-hydrogen) atoms. The lowest BCUT2D eigenvalue weighted by Gasteiger charge is -2.05. The number of anilines is 1. The molecular weight excluding hydrogens is 362 g/mol. The van der Waals surface area contributed by atoms with E-state index in [0.717, 1.165) is 21.3 Å². The van der Waals surface area contributed by atoms with Crippen molar-refractivity contribution >= 4 is 55.5 Å². The van der Waals surface area contributed by atoms with Crippen LogP contribution in [0.1, 0.15) is 9.67 Å². The number of amides is 1. The molecule has 0 spiro atoms. The van der Waals surface area contributed by atoms with Crippen LogP contribution in [-0.2, 0) is 0 Å². The molecular formula is C17H10ClN3OS2. The van der Waals surface area contributed by atoms with E-state index < -0.39 is 0 Å². The van der Waals surface area contributed by atoms with Crippen LogP contribution in [0.5, 0.6) is 0 Å². The smallest absolute Gasteiger partial charge is 0.268 e. The van der Waals surface area contributed by atoms with Gasteiger partial charge in [0.25, 0.3) is 5.91 Å². The zero-order chi connectivity index (χ0) is 16.5. The molecule has 7 heteroatoms. The number of nitrogens with zero attached hydrogens (tertiary/aromatic N) is 2. The maximum absolute atomic E-state index is 12.8. The molecule has 4 rings (SSSR count). The minimum absolute atomic E-state index is 0.183. The number of hydrogen-bond acceptors (Lipinski definition) is 5. The number of nitrogens with one attached hydrogen (secondary N) is 1. The Morgan fingerprint density at radius 2 is 1.92 bits per heavy atom. The van der Waals surface area contributed by atoms with Crippen LogP contribution >= 0.6 is 34.3 Å². The summed E-state index contributed by atoms with van der Waals surface area (Å²) in [7, 11) is 0. The Kier molecular flexibility index (Phi) is 4.02. The summed E-state index contributed by atoms with van der Waals surface area (Å²) in [6, 6.07) is 11.3. The quantitative estimate of drug-likeness (QED) is 0.529. The molecule has 0 aliphatic heterocycles. The lowest BCUT2D eigenvalue weighted by Crippen LogP contribution is -2.10. The first kappa shape index (κ1) is 15.3. The summed E-state index contributed by atoms with van der Waals surface area (Å²) in [6.07, 6.45) is 3.39. The molecule has 0 saturated carbocycles. The predicted molar refractivity (Wildman–Crippen MR) is 100 cm³/mol. The molecule has 0 saturated heterocycles. The van der Waals surface area contributed by atoms with E-state index in [1.54, 1.807) is 12.4 Å². The van der Waals surface area contributed by atoms with Gasteiger partial charge in [-0.3, -0.25) is 10.1 Å². The second kappa shape index (κ2) is 6.32. The highest BCUT2D eigenvalue weighted by atomic mass is 35.5. The average molecular weight is 372 g/mol. The number of thiophene rings is 1. The zero-order valence-electron chi connectivity index (χ0n) is 12.2. The Morgan fingerprint density at radius 1 is 1.08 bits per heavy atom. The molecule has 0 bridgehead atoms. The highest BCUT2D eigenvalue weighted by molar-refractivity contribution is 7.21. The van der Waals surface area contributed by atoms with Crippen LogP contribution in [0.15, 0.2) is 54.2 Å². The van der Waals surface area contributed by atoms with E-state index in [2.05, 4.69) is 15.3 Å². The molecule has 4 aromatic rings. The van der Waals surface area contributed by atoms with Gasteiger partial charge < -0.3 is 0 Å². The van der Waals surface area contributed by atoms with Crippen molar-refractivity contribution in [3.63, 3.8) is 0 Å². The van der Waals surface area contributed by atoms with Crippen molar-refractivity contribution in [1.29, 1.82) is 0 Å². The van der Waals surface area contributed by atoms with Crippen LogP contribution in [-0.4, -0.2) is 15.9 Å². The Bertz CT molecular complexity index is 1010. The molecule has 1 aromatic carbocycles. The van der Waals surface area contributed by atoms with E-state index in [9.17, 15) is 4.79 Å². The number of hydrogen-bond donors (Lipinski definition) is 1. The third-order valence-corrected chi connectivity index (χ3v) is 5.51. The topological polar surface area (TPSA) is 54.9 Å². The molecule has 0 radical (unpaired) electrons. The second-order valence-corrected chi connectivity index (χ2v) is 7.29. The number of rotatable bonds is 3. The van der Waals surface area contributed by atoms with Gasteiger partial charge in [-0.2, -0.15) is 0 Å². The van der Waals surface area contributed by atoms with Crippen LogP contribution in [0, 0.1) is 0 Å². The molecule has 1 N–H and O–H groups in total. The van der Waals surface area contributed by atoms with Gasteiger partial charge in [0.2, 0.25) is 0 Å². The van der Waals surface area contributed by atoms with Crippen LogP contribution in [0.4, 0.5) is 5.13 Å². The van der Waals surface area contributed by atoms with Crippen molar-refractivity contribution in [2.75, 3.05) is 5.32 Å². The number of carbonyl (C=O) groups is 1. The van der Waals surface area contributed by atoms with Crippen molar-refractivity contribution in [3.05, 3.63) is 64.1 Å². The maximum Gasteiger partial charge on any atom is 0.268 e. The minimum atomic E-state index is -0.183. The Balaban J connectivity index is 1.86. The van der Waals surface area contributed by atoms with Crippen molar-refractivity contribution in [1.82, 2.24) is 9.97 Å². The molecule has 0 aliphatic carbocycles. The van der Waals surface area contributed by atoms with Gasteiger partial charge in [0, 0.05) is 33.7 Å². The summed E-state index contributed by atoms with van der Waals surface area (Å²) in [5.74, 6) is -0.183. The molecule has 3 aromatic heterocycles. The lowest BCUT2D eigenvalue weighted by molar-refractivity contribution is 0.103. The summed E-state index contributed by atoms with van der Waals surface area (Å²) in [5.41, 5.74) is 1.80. The number of pyridine rings is 1. The molecule has 1 amide bonds. The molecule has 0 aliphatic rings. The zero-order valence-corrected chi connectivity index (χ0v) is 14.6. The highest BCUT2D eigenvalue weighted by Gasteiger charge is 2.21. The van der Waals surface area contributed by atoms with Gasteiger partial charge in [0.15, 0.2) is 5.13 Å². The summed E-state index contributed by atoms with van der Waals surface area (Å²) < 4.78 is 0. The molecule has 0 atom stereocenters. The molecule has 4 nitrogen and oxygen atoms in total. The monoisotopic (exact) mass is 371 g/mol. The van der Waals surface area contributed by atoms with Gasteiger partial charge in [-0.05, 0) is 29.8 Å². The fourth-order valence-electron chi connectivity index (χ4n) is 2.43. The molecule has 0 unspecified atom stereocenters. The first-order valence-electron chi connectivity index (χ1n) is 7.06. The van der Waals surface area contributed by atoms with Gasteiger partial charge in [0.1, 0.15) is 9.71 Å². The predicted octanol–water partition coefficient (Wildman–Crippen LogP) is 5.33. The number of carbonyl (C=O) groups excluding carboxylic acids is 1. The Labute approximate surface area is 150 Å². The van der Waals surface area contributed by atoms with E-state index in [-0.39, 0.29) is 5.91 Å². The van der Waals surface area contributed by atoms with E-state index in [1.807, 2.05) is 41.8 Å². The second-order valence-electron chi connectivity index (χ2n) is 4.96. The third kappa shape index (κ3) is 2.80. The van der Waals surface area contributed by atoms with Gasteiger partial charge in [-0.25, -0.2) is 9.97 Å². The molecule has 118 valence electrons.